The third-order valence-electron chi connectivity index (χ3n) is 1.46. The molecule has 5 heteroatoms. The van der Waals surface area contributed by atoms with Crippen molar-refractivity contribution in [2.75, 3.05) is 13.1 Å². The van der Waals surface area contributed by atoms with Gasteiger partial charge in [-0.3, -0.25) is 14.4 Å². The van der Waals surface area contributed by atoms with E-state index in [2.05, 4.69) is 10.6 Å². The van der Waals surface area contributed by atoms with Gasteiger partial charge in [0.2, 0.25) is 11.8 Å². The van der Waals surface area contributed by atoms with E-state index in [0.29, 0.717) is 6.42 Å². The lowest BCUT2D eigenvalue weighted by molar-refractivity contribution is -0.127. The van der Waals surface area contributed by atoms with E-state index in [-0.39, 0.29) is 30.7 Å². The fourth-order valence-corrected chi connectivity index (χ4v) is 0.780. The molecule has 0 saturated carbocycles. The van der Waals surface area contributed by atoms with Crippen molar-refractivity contribution in [2.45, 2.75) is 26.7 Å². The largest absolute Gasteiger partial charge is 0.348 e. The second-order valence-corrected chi connectivity index (χ2v) is 3.01. The summed E-state index contributed by atoms with van der Waals surface area (Å²) in [5.41, 5.74) is 0. The molecular weight excluding hydrogens is 184 g/mol. The summed E-state index contributed by atoms with van der Waals surface area (Å²) in [5, 5.41) is 4.82. The Labute approximate surface area is 83.2 Å². The van der Waals surface area contributed by atoms with E-state index < -0.39 is 0 Å². The highest BCUT2D eigenvalue weighted by Crippen LogP contribution is 1.84. The van der Waals surface area contributed by atoms with Gasteiger partial charge in [-0.1, -0.05) is 6.92 Å². The number of hydrogen-bond acceptors (Lipinski definition) is 3. The topological polar surface area (TPSA) is 75.3 Å². The van der Waals surface area contributed by atoms with Crippen molar-refractivity contribution in [1.29, 1.82) is 0 Å². The number of amides is 2. The second kappa shape index (κ2) is 7.06. The SMILES string of the molecule is CCCC(=O)NCC(=O)NCC(C)=O. The van der Waals surface area contributed by atoms with Crippen LogP contribution in [-0.4, -0.2) is 30.7 Å². The van der Waals surface area contributed by atoms with Crippen LogP contribution in [0.15, 0.2) is 0 Å². The normalized spacial score (nSPS) is 9.29. The minimum absolute atomic E-state index is 0.0164. The van der Waals surface area contributed by atoms with Gasteiger partial charge in [0.25, 0.3) is 0 Å². The molecule has 0 unspecified atom stereocenters. The summed E-state index contributed by atoms with van der Waals surface area (Å²) >= 11 is 0. The minimum Gasteiger partial charge on any atom is -0.348 e. The van der Waals surface area contributed by atoms with Crippen LogP contribution in [-0.2, 0) is 14.4 Å². The molecule has 0 bridgehead atoms. The third kappa shape index (κ3) is 7.27. The van der Waals surface area contributed by atoms with Gasteiger partial charge in [-0.25, -0.2) is 0 Å². The molecule has 14 heavy (non-hydrogen) atoms. The van der Waals surface area contributed by atoms with Gasteiger partial charge in [0.15, 0.2) is 0 Å². The summed E-state index contributed by atoms with van der Waals surface area (Å²) in [6, 6.07) is 0. The van der Waals surface area contributed by atoms with Crippen molar-refractivity contribution in [2.24, 2.45) is 0 Å². The Hall–Kier alpha value is -1.39. The molecule has 0 aromatic rings. The smallest absolute Gasteiger partial charge is 0.239 e. The van der Waals surface area contributed by atoms with Gasteiger partial charge in [-0.2, -0.15) is 0 Å². The van der Waals surface area contributed by atoms with Gasteiger partial charge in [0.1, 0.15) is 5.78 Å². The van der Waals surface area contributed by atoms with Gasteiger partial charge >= 0.3 is 0 Å². The van der Waals surface area contributed by atoms with E-state index in [1.54, 1.807) is 0 Å². The number of carbonyl (C=O) groups excluding carboxylic acids is 3. The number of ketones is 1. The molecule has 0 saturated heterocycles. The molecule has 0 aliphatic rings. The van der Waals surface area contributed by atoms with Crippen LogP contribution in [0.5, 0.6) is 0 Å². The van der Waals surface area contributed by atoms with Gasteiger partial charge in [0.05, 0.1) is 13.1 Å². The molecule has 0 aromatic heterocycles. The fraction of sp³-hybridized carbons (Fsp3) is 0.667. The van der Waals surface area contributed by atoms with Crippen LogP contribution < -0.4 is 10.6 Å². The number of hydrogen-bond donors (Lipinski definition) is 2. The first kappa shape index (κ1) is 12.6. The third-order valence-corrected chi connectivity index (χ3v) is 1.46. The van der Waals surface area contributed by atoms with Crippen LogP contribution in [0.25, 0.3) is 0 Å². The van der Waals surface area contributed by atoms with Crippen LogP contribution in [0.2, 0.25) is 0 Å². The molecule has 0 aliphatic heterocycles. The van der Waals surface area contributed by atoms with Crippen molar-refractivity contribution in [3.8, 4) is 0 Å². The highest BCUT2D eigenvalue weighted by atomic mass is 16.2. The molecule has 0 heterocycles. The van der Waals surface area contributed by atoms with Crippen LogP contribution in [0.4, 0.5) is 0 Å². The summed E-state index contributed by atoms with van der Waals surface area (Å²) in [5.74, 6) is -0.603. The number of Topliss-reactive ketones (excluding diaryl/α,β-unsaturated/α-hetero) is 1. The average molecular weight is 200 g/mol. The quantitative estimate of drug-likeness (QED) is 0.613. The number of rotatable bonds is 6. The fourth-order valence-electron chi connectivity index (χ4n) is 0.780. The second-order valence-electron chi connectivity index (χ2n) is 3.01. The molecule has 0 aromatic carbocycles. The van der Waals surface area contributed by atoms with Crippen LogP contribution in [0.3, 0.4) is 0 Å². The Morgan fingerprint density at radius 2 is 1.57 bits per heavy atom. The number of carbonyl (C=O) groups is 3. The molecule has 2 N–H and O–H groups in total. The summed E-state index contributed by atoms with van der Waals surface area (Å²) in [7, 11) is 0. The zero-order valence-corrected chi connectivity index (χ0v) is 8.55. The van der Waals surface area contributed by atoms with E-state index >= 15 is 0 Å². The van der Waals surface area contributed by atoms with Gasteiger partial charge < -0.3 is 10.6 Å². The predicted octanol–water partition coefficient (Wildman–Crippen LogP) is -0.392. The van der Waals surface area contributed by atoms with Gasteiger partial charge in [0, 0.05) is 6.42 Å². The van der Waals surface area contributed by atoms with Crippen LogP contribution in [0.1, 0.15) is 26.7 Å². The lowest BCUT2D eigenvalue weighted by Crippen LogP contribution is -2.38. The molecule has 2 amide bonds. The lowest BCUT2D eigenvalue weighted by atomic mass is 10.3. The lowest BCUT2D eigenvalue weighted by Gasteiger charge is -2.04. The Bertz CT molecular complexity index is 226. The van der Waals surface area contributed by atoms with Crippen molar-refractivity contribution in [1.82, 2.24) is 10.6 Å². The molecule has 5 nitrogen and oxygen atoms in total. The molecule has 0 rings (SSSR count). The summed E-state index contributed by atoms with van der Waals surface area (Å²) in [6.07, 6.45) is 1.17. The van der Waals surface area contributed by atoms with E-state index in [4.69, 9.17) is 0 Å². The Kier molecular flexibility index (Phi) is 6.36. The zero-order valence-electron chi connectivity index (χ0n) is 8.55. The summed E-state index contributed by atoms with van der Waals surface area (Å²) in [4.78, 5) is 32.4. The van der Waals surface area contributed by atoms with E-state index in [9.17, 15) is 14.4 Å². The Balaban J connectivity index is 3.53. The van der Waals surface area contributed by atoms with Crippen molar-refractivity contribution < 1.29 is 14.4 Å². The van der Waals surface area contributed by atoms with Crippen LogP contribution in [0, 0.1) is 0 Å². The van der Waals surface area contributed by atoms with E-state index in [1.165, 1.54) is 6.92 Å². The highest BCUT2D eigenvalue weighted by molar-refractivity contribution is 5.88. The average Bonchev–Trinajstić information content (AvgIpc) is 2.12. The first-order valence-electron chi connectivity index (χ1n) is 4.59. The number of nitrogens with one attached hydrogen (secondary N) is 2. The zero-order chi connectivity index (χ0) is 11.0. The summed E-state index contributed by atoms with van der Waals surface area (Å²) in [6.45, 7) is 3.22. The van der Waals surface area contributed by atoms with Crippen LogP contribution >= 0.6 is 0 Å². The first-order valence-corrected chi connectivity index (χ1v) is 4.59. The van der Waals surface area contributed by atoms with Crippen molar-refractivity contribution in [3.05, 3.63) is 0 Å². The summed E-state index contributed by atoms with van der Waals surface area (Å²) < 4.78 is 0. The molecule has 0 spiro atoms. The first-order chi connectivity index (χ1) is 6.56. The van der Waals surface area contributed by atoms with Gasteiger partial charge in [-0.15, -0.1) is 0 Å². The van der Waals surface area contributed by atoms with E-state index in [1.807, 2.05) is 6.92 Å². The Morgan fingerprint density at radius 1 is 1.00 bits per heavy atom. The molecule has 0 fully saturated rings. The maximum Gasteiger partial charge on any atom is 0.239 e. The molecule has 0 atom stereocenters. The Morgan fingerprint density at radius 3 is 2.07 bits per heavy atom. The molecule has 80 valence electrons. The van der Waals surface area contributed by atoms with Crippen molar-refractivity contribution in [3.63, 3.8) is 0 Å². The molecular formula is C9H16N2O3. The van der Waals surface area contributed by atoms with E-state index in [0.717, 1.165) is 6.42 Å². The maximum atomic E-state index is 11.0. The standard InChI is InChI=1S/C9H16N2O3/c1-3-4-8(13)11-6-9(14)10-5-7(2)12/h3-6H2,1-2H3,(H,10,14)(H,11,13). The maximum absolute atomic E-state index is 11.0. The van der Waals surface area contributed by atoms with Gasteiger partial charge in [-0.05, 0) is 13.3 Å². The predicted molar refractivity (Wildman–Crippen MR) is 51.6 cm³/mol. The highest BCUT2D eigenvalue weighted by Gasteiger charge is 2.04. The van der Waals surface area contributed by atoms with Crippen molar-refractivity contribution >= 4 is 17.6 Å². The molecule has 0 radical (unpaired) electrons. The monoisotopic (exact) mass is 200 g/mol. The minimum atomic E-state index is -0.343. The molecule has 0 aliphatic carbocycles.